The maximum absolute atomic E-state index is 12.2. The number of hydrogen-bond donors (Lipinski definition) is 1. The summed E-state index contributed by atoms with van der Waals surface area (Å²) < 4.78 is 5.15. The molecule has 0 bridgehead atoms. The zero-order valence-electron chi connectivity index (χ0n) is 11.4. The van der Waals surface area contributed by atoms with Gasteiger partial charge in [0.1, 0.15) is 5.75 Å². The predicted molar refractivity (Wildman–Crippen MR) is 78.9 cm³/mol. The van der Waals surface area contributed by atoms with Crippen LogP contribution in [0.2, 0.25) is 0 Å². The average molecular weight is 267 g/mol. The second-order valence-corrected chi connectivity index (χ2v) is 5.08. The van der Waals surface area contributed by atoms with Gasteiger partial charge in [-0.15, -0.1) is 0 Å². The molecule has 0 heterocycles. The van der Waals surface area contributed by atoms with E-state index in [0.29, 0.717) is 5.92 Å². The predicted octanol–water partition coefficient (Wildman–Crippen LogP) is 3.44. The van der Waals surface area contributed by atoms with Crippen molar-refractivity contribution in [2.24, 2.45) is 5.92 Å². The third kappa shape index (κ3) is 2.67. The zero-order valence-corrected chi connectivity index (χ0v) is 11.4. The van der Waals surface area contributed by atoms with Crippen molar-refractivity contribution < 1.29 is 9.53 Å². The van der Waals surface area contributed by atoms with E-state index in [1.54, 1.807) is 7.11 Å². The second kappa shape index (κ2) is 5.37. The summed E-state index contributed by atoms with van der Waals surface area (Å²) in [5, 5.41) is 2.96. The van der Waals surface area contributed by atoms with Gasteiger partial charge in [0.05, 0.1) is 7.11 Å². The number of ether oxygens (including phenoxy) is 1. The van der Waals surface area contributed by atoms with Gasteiger partial charge in [-0.25, -0.2) is 0 Å². The minimum Gasteiger partial charge on any atom is -0.497 e. The molecule has 3 nitrogen and oxygen atoms in total. The van der Waals surface area contributed by atoms with Gasteiger partial charge in [0.2, 0.25) is 5.91 Å². The molecule has 1 amide bonds. The molecule has 2 atom stereocenters. The molecule has 0 aromatic heterocycles. The number of methoxy groups -OCH3 is 1. The number of carbonyl (C=O) groups is 1. The summed E-state index contributed by atoms with van der Waals surface area (Å²) in [6.45, 7) is 0. The molecule has 0 radical (unpaired) electrons. The molecule has 1 fully saturated rings. The Kier molecular flexibility index (Phi) is 3.42. The molecule has 0 aliphatic heterocycles. The van der Waals surface area contributed by atoms with Gasteiger partial charge in [-0.2, -0.15) is 0 Å². The number of amides is 1. The van der Waals surface area contributed by atoms with Crippen molar-refractivity contribution >= 4 is 11.6 Å². The number of anilines is 1. The van der Waals surface area contributed by atoms with Gasteiger partial charge in [-0.1, -0.05) is 36.4 Å². The van der Waals surface area contributed by atoms with Gasteiger partial charge in [-0.05, 0) is 30.0 Å². The van der Waals surface area contributed by atoms with Crippen LogP contribution in [-0.4, -0.2) is 13.0 Å². The Morgan fingerprint density at radius 1 is 1.15 bits per heavy atom. The normalized spacial score (nSPS) is 20.2. The van der Waals surface area contributed by atoms with E-state index in [2.05, 4.69) is 17.4 Å². The molecule has 102 valence electrons. The van der Waals surface area contributed by atoms with Crippen molar-refractivity contribution in [3.63, 3.8) is 0 Å². The van der Waals surface area contributed by atoms with Gasteiger partial charge < -0.3 is 10.1 Å². The lowest BCUT2D eigenvalue weighted by Crippen LogP contribution is -2.14. The fourth-order valence-electron chi connectivity index (χ4n) is 2.49. The van der Waals surface area contributed by atoms with Gasteiger partial charge in [0.25, 0.3) is 0 Å². The monoisotopic (exact) mass is 267 g/mol. The minimum absolute atomic E-state index is 0.0867. The van der Waals surface area contributed by atoms with Crippen LogP contribution in [0.1, 0.15) is 17.9 Å². The number of carbonyl (C=O) groups excluding carboxylic acids is 1. The first-order valence-corrected chi connectivity index (χ1v) is 6.78. The summed E-state index contributed by atoms with van der Waals surface area (Å²) >= 11 is 0. The van der Waals surface area contributed by atoms with E-state index in [-0.39, 0.29) is 11.8 Å². The first-order chi connectivity index (χ1) is 9.78. The lowest BCUT2D eigenvalue weighted by atomic mass is 10.1. The SMILES string of the molecule is COc1cccc(NC(=O)C2CC2c2ccccc2)c1. The van der Waals surface area contributed by atoms with Crippen LogP contribution in [-0.2, 0) is 4.79 Å². The highest BCUT2D eigenvalue weighted by molar-refractivity contribution is 5.95. The van der Waals surface area contributed by atoms with Crippen LogP contribution in [0.15, 0.2) is 54.6 Å². The van der Waals surface area contributed by atoms with Crippen molar-refractivity contribution in [1.82, 2.24) is 0 Å². The fraction of sp³-hybridized carbons (Fsp3) is 0.235. The highest BCUT2D eigenvalue weighted by atomic mass is 16.5. The minimum atomic E-state index is 0.0867. The van der Waals surface area contributed by atoms with Crippen LogP contribution >= 0.6 is 0 Å². The quantitative estimate of drug-likeness (QED) is 0.921. The third-order valence-corrected chi connectivity index (χ3v) is 3.69. The molecular formula is C17H17NO2. The van der Waals surface area contributed by atoms with Crippen LogP contribution in [0.3, 0.4) is 0 Å². The first kappa shape index (κ1) is 12.7. The molecule has 20 heavy (non-hydrogen) atoms. The van der Waals surface area contributed by atoms with E-state index in [0.717, 1.165) is 17.9 Å². The highest BCUT2D eigenvalue weighted by Crippen LogP contribution is 2.47. The largest absolute Gasteiger partial charge is 0.497 e. The summed E-state index contributed by atoms with van der Waals surface area (Å²) in [5.41, 5.74) is 2.03. The van der Waals surface area contributed by atoms with E-state index in [9.17, 15) is 4.79 Å². The number of hydrogen-bond acceptors (Lipinski definition) is 2. The van der Waals surface area contributed by atoms with E-state index in [1.807, 2.05) is 42.5 Å². The molecule has 1 N–H and O–H groups in total. The van der Waals surface area contributed by atoms with Gasteiger partial charge >= 0.3 is 0 Å². The Labute approximate surface area is 118 Å². The van der Waals surface area contributed by atoms with Crippen LogP contribution in [0.4, 0.5) is 5.69 Å². The van der Waals surface area contributed by atoms with Crippen molar-refractivity contribution in [1.29, 1.82) is 0 Å². The van der Waals surface area contributed by atoms with E-state index in [1.165, 1.54) is 5.56 Å². The molecule has 0 saturated heterocycles. The molecule has 2 aromatic carbocycles. The van der Waals surface area contributed by atoms with E-state index in [4.69, 9.17) is 4.74 Å². The molecule has 1 saturated carbocycles. The molecule has 3 heteroatoms. The Bertz CT molecular complexity index is 609. The number of benzene rings is 2. The Balaban J connectivity index is 1.64. The van der Waals surface area contributed by atoms with E-state index >= 15 is 0 Å². The van der Waals surface area contributed by atoms with Crippen molar-refractivity contribution in [3.8, 4) is 5.75 Å². The van der Waals surface area contributed by atoms with Crippen LogP contribution in [0.25, 0.3) is 0 Å². The summed E-state index contributed by atoms with van der Waals surface area (Å²) in [5.74, 6) is 1.29. The standard InChI is InChI=1S/C17H17NO2/c1-20-14-9-5-8-13(10-14)18-17(19)16-11-15(16)12-6-3-2-4-7-12/h2-10,15-16H,11H2,1H3,(H,18,19). The second-order valence-electron chi connectivity index (χ2n) is 5.08. The van der Waals surface area contributed by atoms with Crippen molar-refractivity contribution in [3.05, 3.63) is 60.2 Å². The fourth-order valence-corrected chi connectivity index (χ4v) is 2.49. The average Bonchev–Trinajstić information content (AvgIpc) is 3.29. The maximum Gasteiger partial charge on any atom is 0.228 e. The molecule has 1 aliphatic carbocycles. The molecule has 2 aromatic rings. The number of rotatable bonds is 4. The molecular weight excluding hydrogens is 250 g/mol. The van der Waals surface area contributed by atoms with E-state index < -0.39 is 0 Å². The Morgan fingerprint density at radius 3 is 2.70 bits per heavy atom. The zero-order chi connectivity index (χ0) is 13.9. The molecule has 3 rings (SSSR count). The molecule has 0 spiro atoms. The lowest BCUT2D eigenvalue weighted by molar-refractivity contribution is -0.117. The molecule has 1 aliphatic rings. The summed E-state index contributed by atoms with van der Waals surface area (Å²) in [6.07, 6.45) is 0.930. The Morgan fingerprint density at radius 2 is 1.95 bits per heavy atom. The smallest absolute Gasteiger partial charge is 0.228 e. The van der Waals surface area contributed by atoms with Gasteiger partial charge in [0, 0.05) is 17.7 Å². The van der Waals surface area contributed by atoms with Gasteiger partial charge in [-0.3, -0.25) is 4.79 Å². The van der Waals surface area contributed by atoms with Crippen LogP contribution < -0.4 is 10.1 Å². The van der Waals surface area contributed by atoms with Gasteiger partial charge in [0.15, 0.2) is 0 Å². The highest BCUT2D eigenvalue weighted by Gasteiger charge is 2.43. The maximum atomic E-state index is 12.2. The summed E-state index contributed by atoms with van der Waals surface area (Å²) in [6, 6.07) is 17.6. The molecule has 2 unspecified atom stereocenters. The topological polar surface area (TPSA) is 38.3 Å². The van der Waals surface area contributed by atoms with Crippen molar-refractivity contribution in [2.45, 2.75) is 12.3 Å². The van der Waals surface area contributed by atoms with Crippen LogP contribution in [0.5, 0.6) is 5.75 Å². The Hall–Kier alpha value is -2.29. The van der Waals surface area contributed by atoms with Crippen LogP contribution in [0, 0.1) is 5.92 Å². The number of nitrogens with one attached hydrogen (secondary N) is 1. The summed E-state index contributed by atoms with van der Waals surface area (Å²) in [7, 11) is 1.62. The lowest BCUT2D eigenvalue weighted by Gasteiger charge is -2.07. The van der Waals surface area contributed by atoms with Crippen molar-refractivity contribution in [2.75, 3.05) is 12.4 Å². The summed E-state index contributed by atoms with van der Waals surface area (Å²) in [4.78, 5) is 12.2. The first-order valence-electron chi connectivity index (χ1n) is 6.78. The third-order valence-electron chi connectivity index (χ3n) is 3.69.